The average Bonchev–Trinajstić information content (AvgIpc) is 2.51. The third-order valence-electron chi connectivity index (χ3n) is 3.87. The van der Waals surface area contributed by atoms with Crippen molar-refractivity contribution in [2.45, 2.75) is 104 Å². The summed E-state index contributed by atoms with van der Waals surface area (Å²) in [7, 11) is 0. The van der Waals surface area contributed by atoms with Crippen molar-refractivity contribution in [2.75, 3.05) is 13.1 Å². The van der Waals surface area contributed by atoms with Crippen molar-refractivity contribution in [3.63, 3.8) is 0 Å². The molecule has 0 aliphatic heterocycles. The van der Waals surface area contributed by atoms with E-state index in [9.17, 15) is 9.59 Å². The van der Waals surface area contributed by atoms with Gasteiger partial charge >= 0.3 is 6.09 Å². The van der Waals surface area contributed by atoms with E-state index in [-0.39, 0.29) is 12.3 Å². The highest BCUT2D eigenvalue weighted by molar-refractivity contribution is 5.76. The molecule has 0 aromatic heterocycles. The summed E-state index contributed by atoms with van der Waals surface area (Å²) < 4.78 is 5.11. The number of nitrogens with one attached hydrogen (secondary N) is 2. The molecule has 5 heteroatoms. The van der Waals surface area contributed by atoms with Crippen molar-refractivity contribution in [1.29, 1.82) is 0 Å². The average molecular weight is 357 g/mol. The molecule has 0 aliphatic rings. The summed E-state index contributed by atoms with van der Waals surface area (Å²) in [6.07, 6.45) is 12.7. The number of carbonyl (C=O) groups is 2. The van der Waals surface area contributed by atoms with Crippen molar-refractivity contribution in [3.05, 3.63) is 0 Å². The van der Waals surface area contributed by atoms with Crippen molar-refractivity contribution in [1.82, 2.24) is 10.6 Å². The zero-order chi connectivity index (χ0) is 19.0. The molecule has 148 valence electrons. The van der Waals surface area contributed by atoms with Crippen molar-refractivity contribution < 1.29 is 14.3 Å². The highest BCUT2D eigenvalue weighted by atomic mass is 16.6. The third-order valence-corrected chi connectivity index (χ3v) is 3.87. The molecule has 0 heterocycles. The monoisotopic (exact) mass is 356 g/mol. The Kier molecular flexibility index (Phi) is 14.3. The van der Waals surface area contributed by atoms with Gasteiger partial charge < -0.3 is 15.4 Å². The van der Waals surface area contributed by atoms with Gasteiger partial charge in [-0.15, -0.1) is 0 Å². The second kappa shape index (κ2) is 15.0. The smallest absolute Gasteiger partial charge is 0.407 e. The molecule has 0 atom stereocenters. The molecule has 2 N–H and O–H groups in total. The van der Waals surface area contributed by atoms with Gasteiger partial charge in [0.25, 0.3) is 0 Å². The summed E-state index contributed by atoms with van der Waals surface area (Å²) in [4.78, 5) is 23.1. The van der Waals surface area contributed by atoms with E-state index in [2.05, 4.69) is 17.6 Å². The van der Waals surface area contributed by atoms with Crippen LogP contribution in [-0.4, -0.2) is 30.7 Å². The van der Waals surface area contributed by atoms with Gasteiger partial charge in [-0.05, 0) is 27.2 Å². The number of ether oxygens (including phenoxy) is 1. The second-order valence-corrected chi connectivity index (χ2v) is 7.71. The molecule has 25 heavy (non-hydrogen) atoms. The number of alkyl carbamates (subject to hydrolysis) is 1. The minimum Gasteiger partial charge on any atom is -0.444 e. The fourth-order valence-electron chi connectivity index (χ4n) is 2.52. The lowest BCUT2D eigenvalue weighted by Gasteiger charge is -2.19. The van der Waals surface area contributed by atoms with Crippen LogP contribution >= 0.6 is 0 Å². The molecule has 0 unspecified atom stereocenters. The predicted molar refractivity (Wildman–Crippen MR) is 104 cm³/mol. The molecule has 5 nitrogen and oxygen atoms in total. The summed E-state index contributed by atoms with van der Waals surface area (Å²) in [6, 6.07) is 0. The summed E-state index contributed by atoms with van der Waals surface area (Å²) in [5, 5.41) is 5.49. The Hall–Kier alpha value is -1.26. The van der Waals surface area contributed by atoms with Crippen LogP contribution in [0.15, 0.2) is 0 Å². The predicted octanol–water partition coefficient (Wildman–Crippen LogP) is 4.94. The highest BCUT2D eigenvalue weighted by Gasteiger charge is 2.15. The standard InChI is InChI=1S/C20H40N2O3/c1-5-6-7-8-9-10-11-12-13-14-16-21-18(23)15-17-22-19(24)25-20(2,3)4/h5-17H2,1-4H3,(H,21,23)(H,22,24). The quantitative estimate of drug-likeness (QED) is 0.433. The molecule has 0 aliphatic carbocycles. The van der Waals surface area contributed by atoms with Crippen molar-refractivity contribution in [3.8, 4) is 0 Å². The summed E-state index contributed by atoms with van der Waals surface area (Å²) in [5.41, 5.74) is -0.512. The van der Waals surface area contributed by atoms with Crippen molar-refractivity contribution in [2.24, 2.45) is 0 Å². The Morgan fingerprint density at radius 3 is 1.80 bits per heavy atom. The lowest BCUT2D eigenvalue weighted by Crippen LogP contribution is -2.35. The van der Waals surface area contributed by atoms with Crippen LogP contribution in [0.1, 0.15) is 98.3 Å². The molecule has 2 amide bonds. The molecule has 0 saturated carbocycles. The van der Waals surface area contributed by atoms with Gasteiger partial charge in [0.1, 0.15) is 5.60 Å². The Morgan fingerprint density at radius 2 is 1.28 bits per heavy atom. The topological polar surface area (TPSA) is 67.4 Å². The SMILES string of the molecule is CCCCCCCCCCCCNC(=O)CCNC(=O)OC(C)(C)C. The van der Waals surface area contributed by atoms with Crippen LogP contribution in [0.5, 0.6) is 0 Å². The molecular formula is C20H40N2O3. The lowest BCUT2D eigenvalue weighted by molar-refractivity contribution is -0.120. The first-order valence-corrected chi connectivity index (χ1v) is 10.1. The van der Waals surface area contributed by atoms with Gasteiger partial charge in [0.05, 0.1) is 0 Å². The van der Waals surface area contributed by atoms with E-state index in [1.165, 1.54) is 57.8 Å². The molecule has 0 bridgehead atoms. The Bertz CT molecular complexity index is 351. The fourth-order valence-corrected chi connectivity index (χ4v) is 2.52. The zero-order valence-electron chi connectivity index (χ0n) is 16.9. The van der Waals surface area contributed by atoms with E-state index in [1.54, 1.807) is 0 Å². The fraction of sp³-hybridized carbons (Fsp3) is 0.900. The van der Waals surface area contributed by atoms with E-state index in [0.717, 1.165) is 13.0 Å². The summed E-state index contributed by atoms with van der Waals surface area (Å²) >= 11 is 0. The molecule has 0 saturated heterocycles. The number of hydrogen-bond acceptors (Lipinski definition) is 3. The van der Waals surface area contributed by atoms with Crippen LogP contribution in [-0.2, 0) is 9.53 Å². The zero-order valence-corrected chi connectivity index (χ0v) is 16.9. The molecular weight excluding hydrogens is 316 g/mol. The molecule has 0 aromatic carbocycles. The Labute approximate surface area is 154 Å². The molecule has 0 radical (unpaired) electrons. The first-order valence-electron chi connectivity index (χ1n) is 10.1. The van der Waals surface area contributed by atoms with Crippen LogP contribution < -0.4 is 10.6 Å². The Balaban J connectivity index is 3.35. The number of rotatable bonds is 14. The normalized spacial score (nSPS) is 11.2. The van der Waals surface area contributed by atoms with E-state index >= 15 is 0 Å². The summed E-state index contributed by atoms with van der Waals surface area (Å²) in [6.45, 7) is 8.71. The second-order valence-electron chi connectivity index (χ2n) is 7.71. The minimum atomic E-state index is -0.512. The van der Waals surface area contributed by atoms with Gasteiger partial charge in [0.15, 0.2) is 0 Å². The number of unbranched alkanes of at least 4 members (excludes halogenated alkanes) is 9. The number of hydrogen-bond donors (Lipinski definition) is 2. The maximum atomic E-state index is 11.7. The van der Waals surface area contributed by atoms with Crippen LogP contribution in [0.3, 0.4) is 0 Å². The van der Waals surface area contributed by atoms with Crippen LogP contribution in [0, 0.1) is 0 Å². The molecule has 0 fully saturated rings. The van der Waals surface area contributed by atoms with Gasteiger partial charge in [0, 0.05) is 19.5 Å². The number of amides is 2. The van der Waals surface area contributed by atoms with E-state index < -0.39 is 11.7 Å². The molecule has 0 spiro atoms. The third kappa shape index (κ3) is 18.9. The van der Waals surface area contributed by atoms with Crippen LogP contribution in [0.2, 0.25) is 0 Å². The van der Waals surface area contributed by atoms with Crippen LogP contribution in [0.4, 0.5) is 4.79 Å². The van der Waals surface area contributed by atoms with E-state index in [0.29, 0.717) is 6.54 Å². The van der Waals surface area contributed by atoms with Crippen LogP contribution in [0.25, 0.3) is 0 Å². The Morgan fingerprint density at radius 1 is 0.760 bits per heavy atom. The maximum Gasteiger partial charge on any atom is 0.407 e. The molecule has 0 aromatic rings. The summed E-state index contributed by atoms with van der Waals surface area (Å²) in [5.74, 6) is -0.0213. The number of carbonyl (C=O) groups excluding carboxylic acids is 2. The maximum absolute atomic E-state index is 11.7. The first kappa shape index (κ1) is 23.7. The lowest BCUT2D eigenvalue weighted by atomic mass is 10.1. The highest BCUT2D eigenvalue weighted by Crippen LogP contribution is 2.10. The first-order chi connectivity index (χ1) is 11.8. The van der Waals surface area contributed by atoms with Gasteiger partial charge in [-0.25, -0.2) is 4.79 Å². The van der Waals surface area contributed by atoms with Gasteiger partial charge in [-0.3, -0.25) is 4.79 Å². The van der Waals surface area contributed by atoms with Gasteiger partial charge in [-0.2, -0.15) is 0 Å². The largest absolute Gasteiger partial charge is 0.444 e. The van der Waals surface area contributed by atoms with Crippen molar-refractivity contribution >= 4 is 12.0 Å². The van der Waals surface area contributed by atoms with Gasteiger partial charge in [0.2, 0.25) is 5.91 Å². The minimum absolute atomic E-state index is 0.0213. The van der Waals surface area contributed by atoms with E-state index in [1.807, 2.05) is 20.8 Å². The van der Waals surface area contributed by atoms with Gasteiger partial charge in [-0.1, -0.05) is 64.7 Å². The molecule has 0 rings (SSSR count). The van der Waals surface area contributed by atoms with E-state index in [4.69, 9.17) is 4.74 Å².